The molecule has 0 aromatic carbocycles. The van der Waals surface area contributed by atoms with Gasteiger partial charge in [0.15, 0.2) is 0 Å². The predicted octanol–water partition coefficient (Wildman–Crippen LogP) is 3.09. The molecular formula is C11H14Br2N2O. The van der Waals surface area contributed by atoms with Crippen LogP contribution in [0.25, 0.3) is 0 Å². The number of hydrogen-bond donors (Lipinski definition) is 0. The number of amides is 1. The summed E-state index contributed by atoms with van der Waals surface area (Å²) >= 11 is 6.67. The zero-order valence-electron chi connectivity index (χ0n) is 9.12. The zero-order chi connectivity index (χ0) is 12.0. The first-order chi connectivity index (χ1) is 7.69. The van der Waals surface area contributed by atoms with Gasteiger partial charge in [-0.2, -0.15) is 0 Å². The standard InChI is InChI=1S/C11H14Br2N2O/c1-2-4-15(5-3-12)11(16)9-6-10(13)8-14-7-9/h6-8H,2-5H2,1H3. The Morgan fingerprint density at radius 2 is 2.19 bits per heavy atom. The highest BCUT2D eigenvalue weighted by Crippen LogP contribution is 2.12. The first-order valence-electron chi connectivity index (χ1n) is 5.14. The van der Waals surface area contributed by atoms with Gasteiger partial charge in [0.1, 0.15) is 0 Å². The third-order valence-electron chi connectivity index (χ3n) is 2.09. The smallest absolute Gasteiger partial charge is 0.255 e. The van der Waals surface area contributed by atoms with Gasteiger partial charge in [-0.3, -0.25) is 9.78 Å². The van der Waals surface area contributed by atoms with Crippen LogP contribution in [0.3, 0.4) is 0 Å². The topological polar surface area (TPSA) is 33.2 Å². The van der Waals surface area contributed by atoms with Crippen LogP contribution in [0.4, 0.5) is 0 Å². The predicted molar refractivity (Wildman–Crippen MR) is 71.9 cm³/mol. The van der Waals surface area contributed by atoms with Crippen molar-refractivity contribution in [3.63, 3.8) is 0 Å². The quantitative estimate of drug-likeness (QED) is 0.765. The van der Waals surface area contributed by atoms with E-state index in [1.54, 1.807) is 18.5 Å². The molecule has 1 heterocycles. The van der Waals surface area contributed by atoms with Crippen LogP contribution in [0.15, 0.2) is 22.9 Å². The van der Waals surface area contributed by atoms with Gasteiger partial charge in [-0.05, 0) is 28.4 Å². The van der Waals surface area contributed by atoms with Gasteiger partial charge >= 0.3 is 0 Å². The molecule has 1 aromatic rings. The molecule has 1 amide bonds. The Hall–Kier alpha value is -0.420. The summed E-state index contributed by atoms with van der Waals surface area (Å²) in [5.74, 6) is 0.0371. The zero-order valence-corrected chi connectivity index (χ0v) is 12.3. The minimum Gasteiger partial charge on any atom is -0.338 e. The lowest BCUT2D eigenvalue weighted by atomic mass is 10.2. The van der Waals surface area contributed by atoms with Crippen molar-refractivity contribution in [2.45, 2.75) is 13.3 Å². The van der Waals surface area contributed by atoms with Gasteiger partial charge in [-0.1, -0.05) is 22.9 Å². The van der Waals surface area contributed by atoms with E-state index in [0.717, 1.165) is 29.3 Å². The summed E-state index contributed by atoms with van der Waals surface area (Å²) < 4.78 is 0.827. The van der Waals surface area contributed by atoms with Crippen molar-refractivity contribution in [1.29, 1.82) is 0 Å². The highest BCUT2D eigenvalue weighted by molar-refractivity contribution is 9.10. The molecule has 0 spiro atoms. The van der Waals surface area contributed by atoms with Crippen molar-refractivity contribution in [2.24, 2.45) is 0 Å². The van der Waals surface area contributed by atoms with E-state index in [4.69, 9.17) is 0 Å². The molecule has 0 saturated carbocycles. The highest BCUT2D eigenvalue weighted by atomic mass is 79.9. The summed E-state index contributed by atoms with van der Waals surface area (Å²) in [4.78, 5) is 18.0. The lowest BCUT2D eigenvalue weighted by Crippen LogP contribution is -2.33. The molecule has 0 saturated heterocycles. The molecule has 3 nitrogen and oxygen atoms in total. The summed E-state index contributed by atoms with van der Waals surface area (Å²) in [5.41, 5.74) is 0.628. The fraction of sp³-hybridized carbons (Fsp3) is 0.455. The summed E-state index contributed by atoms with van der Waals surface area (Å²) in [6, 6.07) is 1.80. The van der Waals surface area contributed by atoms with Crippen molar-refractivity contribution in [3.05, 3.63) is 28.5 Å². The first-order valence-corrected chi connectivity index (χ1v) is 7.06. The van der Waals surface area contributed by atoms with Crippen LogP contribution in [0, 0.1) is 0 Å². The molecule has 0 aliphatic heterocycles. The maximum atomic E-state index is 12.1. The van der Waals surface area contributed by atoms with Gasteiger partial charge in [0.25, 0.3) is 5.91 Å². The van der Waals surface area contributed by atoms with E-state index in [1.807, 2.05) is 4.90 Å². The van der Waals surface area contributed by atoms with E-state index in [2.05, 4.69) is 43.8 Å². The first kappa shape index (κ1) is 13.6. The summed E-state index contributed by atoms with van der Waals surface area (Å²) in [5, 5.41) is 0.792. The van der Waals surface area contributed by atoms with Crippen molar-refractivity contribution < 1.29 is 4.79 Å². The van der Waals surface area contributed by atoms with E-state index < -0.39 is 0 Å². The van der Waals surface area contributed by atoms with Crippen LogP contribution in [0.1, 0.15) is 23.7 Å². The number of rotatable bonds is 5. The molecular weight excluding hydrogens is 336 g/mol. The average Bonchev–Trinajstić information content (AvgIpc) is 2.28. The van der Waals surface area contributed by atoms with Gasteiger partial charge in [0.2, 0.25) is 0 Å². The third kappa shape index (κ3) is 3.87. The number of carbonyl (C=O) groups excluding carboxylic acids is 1. The number of aromatic nitrogens is 1. The number of carbonyl (C=O) groups is 1. The van der Waals surface area contributed by atoms with Gasteiger partial charge in [0.05, 0.1) is 5.56 Å². The fourth-order valence-electron chi connectivity index (χ4n) is 1.40. The Morgan fingerprint density at radius 3 is 2.75 bits per heavy atom. The number of pyridine rings is 1. The van der Waals surface area contributed by atoms with E-state index in [-0.39, 0.29) is 5.91 Å². The third-order valence-corrected chi connectivity index (χ3v) is 2.88. The molecule has 16 heavy (non-hydrogen) atoms. The number of alkyl halides is 1. The highest BCUT2D eigenvalue weighted by Gasteiger charge is 2.14. The molecule has 0 atom stereocenters. The van der Waals surface area contributed by atoms with E-state index in [0.29, 0.717) is 5.56 Å². The van der Waals surface area contributed by atoms with Crippen molar-refractivity contribution in [2.75, 3.05) is 18.4 Å². The van der Waals surface area contributed by atoms with E-state index in [1.165, 1.54) is 0 Å². The molecule has 88 valence electrons. The normalized spacial score (nSPS) is 10.2. The number of halogens is 2. The van der Waals surface area contributed by atoms with Gasteiger partial charge < -0.3 is 4.90 Å². The summed E-state index contributed by atoms with van der Waals surface area (Å²) in [6.45, 7) is 3.56. The Balaban J connectivity index is 2.81. The van der Waals surface area contributed by atoms with Crippen LogP contribution in [0.2, 0.25) is 0 Å². The minimum atomic E-state index is 0.0371. The summed E-state index contributed by atoms with van der Waals surface area (Å²) in [6.07, 6.45) is 4.23. The monoisotopic (exact) mass is 348 g/mol. The van der Waals surface area contributed by atoms with Crippen LogP contribution in [-0.4, -0.2) is 34.2 Å². The maximum Gasteiger partial charge on any atom is 0.255 e. The molecule has 0 unspecified atom stereocenters. The van der Waals surface area contributed by atoms with Gasteiger partial charge in [0, 0.05) is 35.3 Å². The molecule has 0 N–H and O–H groups in total. The lowest BCUT2D eigenvalue weighted by molar-refractivity contribution is 0.0766. The molecule has 0 bridgehead atoms. The second-order valence-electron chi connectivity index (χ2n) is 3.37. The molecule has 5 heteroatoms. The Morgan fingerprint density at radius 1 is 1.44 bits per heavy atom. The lowest BCUT2D eigenvalue weighted by Gasteiger charge is -2.20. The fourth-order valence-corrected chi connectivity index (χ4v) is 2.19. The van der Waals surface area contributed by atoms with Gasteiger partial charge in [-0.15, -0.1) is 0 Å². The van der Waals surface area contributed by atoms with Crippen LogP contribution < -0.4 is 0 Å². The molecule has 0 aliphatic rings. The minimum absolute atomic E-state index is 0.0371. The molecule has 1 rings (SSSR count). The average molecular weight is 350 g/mol. The second kappa shape index (κ2) is 7.01. The van der Waals surface area contributed by atoms with E-state index in [9.17, 15) is 4.79 Å². The van der Waals surface area contributed by atoms with Crippen molar-refractivity contribution >= 4 is 37.8 Å². The van der Waals surface area contributed by atoms with Crippen LogP contribution in [0.5, 0.6) is 0 Å². The van der Waals surface area contributed by atoms with Gasteiger partial charge in [-0.25, -0.2) is 0 Å². The largest absolute Gasteiger partial charge is 0.338 e. The van der Waals surface area contributed by atoms with E-state index >= 15 is 0 Å². The van der Waals surface area contributed by atoms with Crippen molar-refractivity contribution in [1.82, 2.24) is 9.88 Å². The second-order valence-corrected chi connectivity index (χ2v) is 5.08. The number of nitrogens with zero attached hydrogens (tertiary/aromatic N) is 2. The summed E-state index contributed by atoms with van der Waals surface area (Å²) in [7, 11) is 0. The molecule has 1 aromatic heterocycles. The van der Waals surface area contributed by atoms with Crippen molar-refractivity contribution in [3.8, 4) is 0 Å². The Kier molecular flexibility index (Phi) is 5.98. The number of hydrogen-bond acceptors (Lipinski definition) is 2. The maximum absolute atomic E-state index is 12.1. The van der Waals surface area contributed by atoms with Crippen LogP contribution in [-0.2, 0) is 0 Å². The van der Waals surface area contributed by atoms with Crippen LogP contribution >= 0.6 is 31.9 Å². The molecule has 0 fully saturated rings. The SMILES string of the molecule is CCCN(CCBr)C(=O)c1cncc(Br)c1. The molecule has 0 radical (unpaired) electrons. The molecule has 0 aliphatic carbocycles. The Labute approximate surface area is 112 Å². The Bertz CT molecular complexity index is 352.